The molecule has 3 rings (SSSR count). The smallest absolute Gasteiger partial charge is 0.267 e. The van der Waals surface area contributed by atoms with E-state index < -0.39 is 5.91 Å². The number of hydrogen-bond acceptors (Lipinski definition) is 5. The number of halogens is 2. The van der Waals surface area contributed by atoms with Crippen molar-refractivity contribution in [3.05, 3.63) is 28.9 Å². The van der Waals surface area contributed by atoms with Crippen LogP contribution in [0.3, 0.4) is 0 Å². The number of rotatable bonds is 6. The first-order chi connectivity index (χ1) is 13.5. The molecule has 0 radical (unpaired) electrons. The third kappa shape index (κ3) is 6.87. The lowest BCUT2D eigenvalue weighted by Crippen LogP contribution is -2.33. The van der Waals surface area contributed by atoms with Gasteiger partial charge < -0.3 is 10.2 Å². The second-order valence-corrected chi connectivity index (χ2v) is 7.99. The van der Waals surface area contributed by atoms with Crippen molar-refractivity contribution in [2.75, 3.05) is 18.4 Å². The lowest BCUT2D eigenvalue weighted by atomic mass is 9.87. The molecule has 1 aromatic rings. The normalized spacial score (nSPS) is 19.8. The number of aromatic nitrogens is 1. The van der Waals surface area contributed by atoms with Gasteiger partial charge in [-0.2, -0.15) is 0 Å². The van der Waals surface area contributed by atoms with E-state index in [1.165, 1.54) is 49.7 Å². The molecule has 1 aliphatic heterocycles. The molecule has 7 nitrogen and oxygen atoms in total. The minimum absolute atomic E-state index is 0. The van der Waals surface area contributed by atoms with Crippen LogP contribution in [-0.4, -0.2) is 46.0 Å². The van der Waals surface area contributed by atoms with Gasteiger partial charge in [-0.25, -0.2) is 10.5 Å². The molecule has 0 spiro atoms. The molecule has 2 fully saturated rings. The average molecular weight is 443 g/mol. The highest BCUT2D eigenvalue weighted by Crippen LogP contribution is 2.28. The number of carbonyl (C=O) groups is 2. The number of carbonyl (C=O) groups excluding carboxylic acids is 2. The third-order valence-corrected chi connectivity index (χ3v) is 5.76. The lowest BCUT2D eigenvalue weighted by Gasteiger charge is -2.24. The van der Waals surface area contributed by atoms with Crippen LogP contribution < -0.4 is 10.8 Å². The van der Waals surface area contributed by atoms with Gasteiger partial charge in [0.25, 0.3) is 5.91 Å². The summed E-state index contributed by atoms with van der Waals surface area (Å²) in [6.45, 7) is 1.43. The molecule has 2 aliphatic rings. The number of nitrogens with one attached hydrogen (secondary N) is 2. The van der Waals surface area contributed by atoms with Crippen molar-refractivity contribution in [3.8, 4) is 0 Å². The minimum Gasteiger partial charge on any atom is -0.364 e. The van der Waals surface area contributed by atoms with E-state index in [1.54, 1.807) is 12.3 Å². The summed E-state index contributed by atoms with van der Waals surface area (Å²) >= 11 is 6.30. The zero-order valence-corrected chi connectivity index (χ0v) is 17.8. The van der Waals surface area contributed by atoms with Gasteiger partial charge in [-0.05, 0) is 42.9 Å². The zero-order valence-electron chi connectivity index (χ0n) is 16.3. The molecule has 0 aromatic carbocycles. The van der Waals surface area contributed by atoms with Crippen molar-refractivity contribution in [3.63, 3.8) is 0 Å². The fraction of sp³-hybridized carbons (Fsp3) is 0.550. The highest BCUT2D eigenvalue weighted by atomic mass is 35.5. The Morgan fingerprint density at radius 2 is 2.03 bits per heavy atom. The molecular weight excluding hydrogens is 415 g/mol. The van der Waals surface area contributed by atoms with Gasteiger partial charge in [0.15, 0.2) is 0 Å². The van der Waals surface area contributed by atoms with Crippen molar-refractivity contribution < 1.29 is 14.8 Å². The summed E-state index contributed by atoms with van der Waals surface area (Å²) in [4.78, 5) is 29.9. The van der Waals surface area contributed by atoms with Crippen LogP contribution in [0.15, 0.2) is 18.3 Å². The van der Waals surface area contributed by atoms with Crippen LogP contribution in [-0.2, 0) is 9.59 Å². The molecule has 0 unspecified atom stereocenters. The summed E-state index contributed by atoms with van der Waals surface area (Å²) in [7, 11) is 0. The van der Waals surface area contributed by atoms with E-state index in [1.807, 2.05) is 4.90 Å². The quantitative estimate of drug-likeness (QED) is 0.355. The third-order valence-electron chi connectivity index (χ3n) is 5.47. The molecule has 160 valence electrons. The average Bonchev–Trinajstić information content (AvgIpc) is 3.17. The zero-order chi connectivity index (χ0) is 19.9. The number of anilines is 1. The van der Waals surface area contributed by atoms with E-state index in [4.69, 9.17) is 16.8 Å². The summed E-state index contributed by atoms with van der Waals surface area (Å²) in [5.41, 5.74) is 2.17. The second-order valence-electron chi connectivity index (χ2n) is 7.59. The number of nitrogens with zero attached hydrogens (tertiary/aromatic N) is 2. The highest BCUT2D eigenvalue weighted by molar-refractivity contribution is 6.33. The monoisotopic (exact) mass is 442 g/mol. The summed E-state index contributed by atoms with van der Waals surface area (Å²) < 4.78 is 0. The van der Waals surface area contributed by atoms with Crippen LogP contribution in [0.25, 0.3) is 6.08 Å². The van der Waals surface area contributed by atoms with Crippen molar-refractivity contribution in [1.82, 2.24) is 15.4 Å². The maximum absolute atomic E-state index is 12.6. The van der Waals surface area contributed by atoms with Crippen molar-refractivity contribution >= 4 is 47.7 Å². The number of hydrogen-bond donors (Lipinski definition) is 3. The molecule has 0 bridgehead atoms. The molecule has 1 aliphatic carbocycles. The van der Waals surface area contributed by atoms with Crippen molar-refractivity contribution in [2.24, 2.45) is 5.92 Å². The largest absolute Gasteiger partial charge is 0.364 e. The predicted molar refractivity (Wildman–Crippen MR) is 115 cm³/mol. The second kappa shape index (κ2) is 11.4. The number of likely N-dealkylation sites (tertiary alicyclic amines) is 1. The van der Waals surface area contributed by atoms with Gasteiger partial charge >= 0.3 is 0 Å². The first kappa shape index (κ1) is 23.4. The summed E-state index contributed by atoms with van der Waals surface area (Å²) in [5.74, 6) is 0.759. The van der Waals surface area contributed by atoms with Gasteiger partial charge in [-0.1, -0.05) is 30.9 Å². The van der Waals surface area contributed by atoms with Crippen molar-refractivity contribution in [2.45, 2.75) is 51.0 Å². The van der Waals surface area contributed by atoms with Crippen LogP contribution in [0.5, 0.6) is 0 Å². The highest BCUT2D eigenvalue weighted by Gasteiger charge is 2.28. The SMILES string of the molecule is Cl.O=C(/C=C/c1cnc(N[C@@H]2CCN(C(=O)CC3CCCCC3)C2)c(Cl)c1)NO. The van der Waals surface area contributed by atoms with E-state index in [9.17, 15) is 9.59 Å². The Morgan fingerprint density at radius 3 is 2.72 bits per heavy atom. The van der Waals surface area contributed by atoms with Crippen LogP contribution in [0.4, 0.5) is 5.82 Å². The fourth-order valence-electron chi connectivity index (χ4n) is 3.92. The molecule has 2 amide bonds. The first-order valence-corrected chi connectivity index (χ1v) is 10.2. The molecule has 1 aromatic heterocycles. The molecule has 2 heterocycles. The van der Waals surface area contributed by atoms with E-state index >= 15 is 0 Å². The van der Waals surface area contributed by atoms with Gasteiger partial charge in [0.05, 0.1) is 5.02 Å². The van der Waals surface area contributed by atoms with E-state index in [2.05, 4.69) is 10.3 Å². The van der Waals surface area contributed by atoms with E-state index in [-0.39, 0.29) is 24.4 Å². The van der Waals surface area contributed by atoms with E-state index in [0.29, 0.717) is 35.3 Å². The van der Waals surface area contributed by atoms with Gasteiger partial charge in [0.2, 0.25) is 5.91 Å². The Bertz CT molecular complexity index is 738. The lowest BCUT2D eigenvalue weighted by molar-refractivity contribution is -0.131. The maximum atomic E-state index is 12.6. The fourth-order valence-corrected chi connectivity index (χ4v) is 4.15. The topological polar surface area (TPSA) is 94.6 Å². The number of pyridine rings is 1. The maximum Gasteiger partial charge on any atom is 0.267 e. The number of hydroxylamine groups is 1. The Kier molecular flexibility index (Phi) is 9.20. The Morgan fingerprint density at radius 1 is 1.28 bits per heavy atom. The van der Waals surface area contributed by atoms with Crippen LogP contribution >= 0.6 is 24.0 Å². The van der Waals surface area contributed by atoms with Crippen LogP contribution in [0.1, 0.15) is 50.5 Å². The molecule has 29 heavy (non-hydrogen) atoms. The molecular formula is C20H28Cl2N4O3. The molecule has 9 heteroatoms. The summed E-state index contributed by atoms with van der Waals surface area (Å²) in [5, 5.41) is 12.3. The molecule has 3 N–H and O–H groups in total. The van der Waals surface area contributed by atoms with Crippen LogP contribution in [0, 0.1) is 5.92 Å². The van der Waals surface area contributed by atoms with E-state index in [0.717, 1.165) is 13.0 Å². The first-order valence-electron chi connectivity index (χ1n) is 9.87. The molecule has 1 saturated carbocycles. The number of amides is 2. The van der Waals surface area contributed by atoms with Gasteiger partial charge in [0, 0.05) is 37.8 Å². The predicted octanol–water partition coefficient (Wildman–Crippen LogP) is 3.66. The summed E-state index contributed by atoms with van der Waals surface area (Å²) in [6, 6.07) is 1.82. The molecule has 1 atom stereocenters. The van der Waals surface area contributed by atoms with Gasteiger partial charge in [0.1, 0.15) is 5.82 Å². The van der Waals surface area contributed by atoms with Gasteiger partial charge in [-0.15, -0.1) is 12.4 Å². The molecule has 1 saturated heterocycles. The Labute approximate surface area is 182 Å². The summed E-state index contributed by atoms with van der Waals surface area (Å²) in [6.07, 6.45) is 12.0. The minimum atomic E-state index is -0.623. The Balaban J connectivity index is 0.00000300. The van der Waals surface area contributed by atoms with Crippen molar-refractivity contribution in [1.29, 1.82) is 0 Å². The van der Waals surface area contributed by atoms with Crippen LogP contribution in [0.2, 0.25) is 5.02 Å². The Hall–Kier alpha value is -1.83. The van der Waals surface area contributed by atoms with Gasteiger partial charge in [-0.3, -0.25) is 14.8 Å². The standard InChI is InChI=1S/C20H27ClN4O3.ClH/c21-17-10-15(6-7-18(26)24-28)12-22-20(17)23-16-8-9-25(13-16)19(27)11-14-4-2-1-3-5-14;/h6-7,10,12,14,16,28H,1-5,8-9,11,13H2,(H,22,23)(H,24,26);1H/b7-6+;/t16-;/m1./s1.